The van der Waals surface area contributed by atoms with Gasteiger partial charge in [0.2, 0.25) is 5.91 Å². The summed E-state index contributed by atoms with van der Waals surface area (Å²) < 4.78 is 40.0. The molecule has 0 aliphatic heterocycles. The van der Waals surface area contributed by atoms with Crippen molar-refractivity contribution < 1.29 is 22.8 Å². The van der Waals surface area contributed by atoms with Crippen molar-refractivity contribution >= 4 is 34.2 Å². The lowest BCUT2D eigenvalue weighted by molar-refractivity contribution is -0.137. The first-order valence-corrected chi connectivity index (χ1v) is 9.46. The fourth-order valence-corrected chi connectivity index (χ4v) is 3.09. The lowest BCUT2D eigenvalue weighted by atomic mass is 10.1. The first-order chi connectivity index (χ1) is 15.3. The summed E-state index contributed by atoms with van der Waals surface area (Å²) in [5.74, 6) is -0.987. The number of amides is 2. The molecule has 1 aromatic heterocycles. The van der Waals surface area contributed by atoms with Crippen molar-refractivity contribution in [1.82, 2.24) is 15.0 Å². The van der Waals surface area contributed by atoms with Gasteiger partial charge in [0, 0.05) is 16.9 Å². The molecule has 4 aromatic rings. The summed E-state index contributed by atoms with van der Waals surface area (Å²) in [5, 5.41) is 13.1. The van der Waals surface area contributed by atoms with E-state index in [-0.39, 0.29) is 23.7 Å². The van der Waals surface area contributed by atoms with Gasteiger partial charge in [-0.2, -0.15) is 13.2 Å². The lowest BCUT2D eigenvalue weighted by Crippen LogP contribution is -2.20. The number of hydrogen-bond donors (Lipinski definition) is 2. The number of para-hydroxylation sites is 1. The summed E-state index contributed by atoms with van der Waals surface area (Å²) >= 11 is 0. The van der Waals surface area contributed by atoms with Crippen LogP contribution in [0.2, 0.25) is 0 Å². The Balaban J connectivity index is 1.44. The maximum atomic E-state index is 12.9. The summed E-state index contributed by atoms with van der Waals surface area (Å²) in [5.41, 5.74) is 1.04. The highest BCUT2D eigenvalue weighted by Gasteiger charge is 2.30. The van der Waals surface area contributed by atoms with E-state index in [1.165, 1.54) is 28.9 Å². The van der Waals surface area contributed by atoms with Gasteiger partial charge in [-0.15, -0.1) is 5.10 Å². The predicted octanol–water partition coefficient (Wildman–Crippen LogP) is 4.34. The zero-order valence-electron chi connectivity index (χ0n) is 16.4. The Bertz CT molecular complexity index is 1300. The number of carbonyl (C=O) groups excluding carboxylic acids is 2. The number of rotatable bonds is 5. The van der Waals surface area contributed by atoms with Crippen LogP contribution in [0.4, 0.5) is 24.5 Å². The third kappa shape index (κ3) is 4.75. The summed E-state index contributed by atoms with van der Waals surface area (Å²) in [4.78, 5) is 24.9. The Morgan fingerprint density at radius 3 is 2.38 bits per heavy atom. The van der Waals surface area contributed by atoms with E-state index in [1.54, 1.807) is 24.3 Å². The van der Waals surface area contributed by atoms with Crippen LogP contribution in [0.3, 0.4) is 0 Å². The van der Waals surface area contributed by atoms with Crippen molar-refractivity contribution in [2.24, 2.45) is 0 Å². The van der Waals surface area contributed by atoms with Gasteiger partial charge in [0.25, 0.3) is 5.91 Å². The SMILES string of the molecule is O=C(Cn1nnc2ccccc21)Nc1cccc(C(=O)Nc2cccc(C(F)(F)F)c2)c1. The predicted molar refractivity (Wildman–Crippen MR) is 112 cm³/mol. The molecular formula is C22H16F3N5O2. The zero-order chi connectivity index (χ0) is 22.7. The molecule has 10 heteroatoms. The molecule has 2 N–H and O–H groups in total. The number of anilines is 2. The first-order valence-electron chi connectivity index (χ1n) is 9.46. The van der Waals surface area contributed by atoms with Crippen molar-refractivity contribution in [3.05, 3.63) is 83.9 Å². The highest BCUT2D eigenvalue weighted by Crippen LogP contribution is 2.30. The molecule has 0 atom stereocenters. The molecule has 4 rings (SSSR count). The highest BCUT2D eigenvalue weighted by atomic mass is 19.4. The van der Waals surface area contributed by atoms with Crippen molar-refractivity contribution in [1.29, 1.82) is 0 Å². The van der Waals surface area contributed by atoms with Gasteiger partial charge in [-0.1, -0.05) is 29.5 Å². The van der Waals surface area contributed by atoms with Crippen molar-refractivity contribution in [3.8, 4) is 0 Å². The molecule has 32 heavy (non-hydrogen) atoms. The van der Waals surface area contributed by atoms with Crippen LogP contribution in [-0.2, 0) is 17.5 Å². The van der Waals surface area contributed by atoms with E-state index < -0.39 is 17.6 Å². The molecule has 0 radical (unpaired) electrons. The van der Waals surface area contributed by atoms with Crippen LogP contribution in [0.25, 0.3) is 11.0 Å². The molecule has 0 saturated carbocycles. The second-order valence-corrected chi connectivity index (χ2v) is 6.90. The molecule has 0 saturated heterocycles. The maximum absolute atomic E-state index is 12.9. The van der Waals surface area contributed by atoms with Crippen LogP contribution < -0.4 is 10.6 Å². The Morgan fingerprint density at radius 1 is 0.875 bits per heavy atom. The molecule has 1 heterocycles. The van der Waals surface area contributed by atoms with Crippen molar-refractivity contribution in [2.45, 2.75) is 12.7 Å². The minimum Gasteiger partial charge on any atom is -0.324 e. The van der Waals surface area contributed by atoms with E-state index >= 15 is 0 Å². The number of benzene rings is 3. The summed E-state index contributed by atoms with van der Waals surface area (Å²) in [6.07, 6.45) is -4.51. The van der Waals surface area contributed by atoms with E-state index in [9.17, 15) is 22.8 Å². The monoisotopic (exact) mass is 439 g/mol. The standard InChI is InChI=1S/C22H16F3N5O2/c23-22(24,25)15-6-4-8-17(12-15)27-21(32)14-5-3-7-16(11-14)26-20(31)13-30-19-10-2-1-9-18(19)28-29-30/h1-12H,13H2,(H,26,31)(H,27,32). The Labute approximate surface area is 179 Å². The second kappa shape index (κ2) is 8.50. The summed E-state index contributed by atoms with van der Waals surface area (Å²) in [7, 11) is 0. The zero-order valence-corrected chi connectivity index (χ0v) is 16.4. The van der Waals surface area contributed by atoms with Crippen LogP contribution in [0.5, 0.6) is 0 Å². The number of aromatic nitrogens is 3. The van der Waals surface area contributed by atoms with E-state index in [0.29, 0.717) is 16.7 Å². The smallest absolute Gasteiger partial charge is 0.324 e. The van der Waals surface area contributed by atoms with Gasteiger partial charge in [0.1, 0.15) is 12.1 Å². The second-order valence-electron chi connectivity index (χ2n) is 6.90. The average Bonchev–Trinajstić information content (AvgIpc) is 3.16. The van der Waals surface area contributed by atoms with Crippen molar-refractivity contribution in [3.63, 3.8) is 0 Å². The number of nitrogens with one attached hydrogen (secondary N) is 2. The highest BCUT2D eigenvalue weighted by molar-refractivity contribution is 6.05. The topological polar surface area (TPSA) is 88.9 Å². The van der Waals surface area contributed by atoms with Gasteiger partial charge in [-0.25, -0.2) is 4.68 Å². The number of carbonyl (C=O) groups is 2. The number of halogens is 3. The van der Waals surface area contributed by atoms with Crippen LogP contribution >= 0.6 is 0 Å². The van der Waals surface area contributed by atoms with Crippen LogP contribution in [-0.4, -0.2) is 26.8 Å². The molecule has 0 unspecified atom stereocenters. The quantitative estimate of drug-likeness (QED) is 0.484. The van der Waals surface area contributed by atoms with E-state index in [4.69, 9.17) is 0 Å². The molecule has 0 bridgehead atoms. The normalized spacial score (nSPS) is 11.3. The molecule has 0 spiro atoms. The van der Waals surface area contributed by atoms with Gasteiger partial charge in [0.05, 0.1) is 11.1 Å². The molecular weight excluding hydrogens is 423 g/mol. The van der Waals surface area contributed by atoms with Crippen LogP contribution in [0, 0.1) is 0 Å². The Hall–Kier alpha value is -4.21. The third-order valence-electron chi connectivity index (χ3n) is 4.57. The van der Waals surface area contributed by atoms with Gasteiger partial charge in [-0.05, 0) is 48.5 Å². The molecule has 7 nitrogen and oxygen atoms in total. The Kier molecular flexibility index (Phi) is 5.59. The number of alkyl halides is 3. The van der Waals surface area contributed by atoms with Crippen LogP contribution in [0.1, 0.15) is 15.9 Å². The molecule has 0 aliphatic rings. The number of fused-ring (bicyclic) bond motifs is 1. The summed E-state index contributed by atoms with van der Waals surface area (Å²) in [6, 6.07) is 17.6. The van der Waals surface area contributed by atoms with Gasteiger partial charge >= 0.3 is 6.18 Å². The van der Waals surface area contributed by atoms with Gasteiger partial charge in [0.15, 0.2) is 0 Å². The van der Waals surface area contributed by atoms with Crippen LogP contribution in [0.15, 0.2) is 72.8 Å². The third-order valence-corrected chi connectivity index (χ3v) is 4.57. The molecule has 0 aliphatic carbocycles. The van der Waals surface area contributed by atoms with E-state index in [0.717, 1.165) is 12.1 Å². The lowest BCUT2D eigenvalue weighted by Gasteiger charge is -2.11. The number of hydrogen-bond acceptors (Lipinski definition) is 4. The maximum Gasteiger partial charge on any atom is 0.416 e. The van der Waals surface area contributed by atoms with Gasteiger partial charge in [-0.3, -0.25) is 9.59 Å². The van der Waals surface area contributed by atoms with Gasteiger partial charge < -0.3 is 10.6 Å². The molecule has 162 valence electrons. The summed E-state index contributed by atoms with van der Waals surface area (Å²) in [6.45, 7) is -0.0822. The fraction of sp³-hybridized carbons (Fsp3) is 0.0909. The minimum atomic E-state index is -4.51. The average molecular weight is 439 g/mol. The fourth-order valence-electron chi connectivity index (χ4n) is 3.09. The first kappa shape index (κ1) is 21.0. The molecule has 3 aromatic carbocycles. The van der Waals surface area contributed by atoms with E-state index in [2.05, 4.69) is 20.9 Å². The Morgan fingerprint density at radius 2 is 1.59 bits per heavy atom. The minimum absolute atomic E-state index is 0.0114. The molecule has 0 fully saturated rings. The molecule has 2 amide bonds. The number of nitrogens with zero attached hydrogens (tertiary/aromatic N) is 3. The largest absolute Gasteiger partial charge is 0.416 e. The van der Waals surface area contributed by atoms with Crippen molar-refractivity contribution in [2.75, 3.05) is 10.6 Å². The van der Waals surface area contributed by atoms with E-state index in [1.807, 2.05) is 12.1 Å².